The maximum absolute atomic E-state index is 13.8. The van der Waals surface area contributed by atoms with Gasteiger partial charge in [0.2, 0.25) is 0 Å². The Bertz CT molecular complexity index is 654. The van der Waals surface area contributed by atoms with Crippen LogP contribution in [0.5, 0.6) is 0 Å². The van der Waals surface area contributed by atoms with Crippen LogP contribution in [0.4, 0.5) is 4.39 Å². The lowest BCUT2D eigenvalue weighted by atomic mass is 9.90. The predicted octanol–water partition coefficient (Wildman–Crippen LogP) is 3.89. The number of aromatic nitrogens is 1. The Labute approximate surface area is 125 Å². The fraction of sp³-hybridized carbons (Fsp3) is 0.286. The van der Waals surface area contributed by atoms with Crippen molar-refractivity contribution >= 4 is 28.9 Å². The molecule has 0 aliphatic rings. The van der Waals surface area contributed by atoms with Crippen molar-refractivity contribution in [2.24, 2.45) is 0 Å². The number of carboxylic acids is 1. The summed E-state index contributed by atoms with van der Waals surface area (Å²) in [6, 6.07) is 4.81. The summed E-state index contributed by atoms with van der Waals surface area (Å²) in [5.41, 5.74) is -0.124. The van der Waals surface area contributed by atoms with Crippen LogP contribution < -0.4 is 0 Å². The van der Waals surface area contributed by atoms with E-state index in [0.717, 1.165) is 0 Å². The van der Waals surface area contributed by atoms with Crippen molar-refractivity contribution in [3.8, 4) is 0 Å². The van der Waals surface area contributed by atoms with Crippen molar-refractivity contribution in [3.63, 3.8) is 0 Å². The molecule has 0 bridgehead atoms. The molecular weight excluding hydrogens is 301 g/mol. The summed E-state index contributed by atoms with van der Waals surface area (Å²) in [6.07, 6.45) is 0.298. The lowest BCUT2D eigenvalue weighted by molar-refractivity contribution is -0.142. The van der Waals surface area contributed by atoms with Gasteiger partial charge in [-0.1, -0.05) is 23.7 Å². The van der Waals surface area contributed by atoms with Crippen LogP contribution in [0.2, 0.25) is 5.02 Å². The van der Waals surface area contributed by atoms with E-state index >= 15 is 0 Å². The molecule has 1 heterocycles. The highest BCUT2D eigenvalue weighted by atomic mass is 35.5. The average Bonchev–Trinajstić information content (AvgIpc) is 2.84. The quantitative estimate of drug-likeness (QED) is 0.931. The third-order valence-electron chi connectivity index (χ3n) is 3.10. The van der Waals surface area contributed by atoms with E-state index in [1.165, 1.54) is 17.4 Å². The first-order valence-electron chi connectivity index (χ1n) is 5.93. The first kappa shape index (κ1) is 14.9. The molecule has 106 valence electrons. The highest BCUT2D eigenvalue weighted by Gasteiger charge is 2.32. The molecule has 0 unspecified atom stereocenters. The fourth-order valence-corrected chi connectivity index (χ4v) is 2.82. The number of hydrogen-bond acceptors (Lipinski definition) is 3. The van der Waals surface area contributed by atoms with Crippen LogP contribution in [0.25, 0.3) is 0 Å². The molecule has 20 heavy (non-hydrogen) atoms. The minimum absolute atomic E-state index is 0.0742. The molecule has 3 nitrogen and oxygen atoms in total. The van der Waals surface area contributed by atoms with Crippen LogP contribution in [-0.4, -0.2) is 16.1 Å². The SMILES string of the molecule is CC(C)(C(=O)O)c1csc(Cc2cccc(Cl)c2F)n1. The van der Waals surface area contributed by atoms with Gasteiger partial charge in [0, 0.05) is 11.8 Å². The number of thiazole rings is 1. The van der Waals surface area contributed by atoms with Gasteiger partial charge >= 0.3 is 5.97 Å². The molecule has 0 aliphatic heterocycles. The lowest BCUT2D eigenvalue weighted by Gasteiger charge is -2.15. The molecular formula is C14H13ClFNO2S. The van der Waals surface area contributed by atoms with Crippen molar-refractivity contribution in [2.45, 2.75) is 25.7 Å². The number of carboxylic acid groups (broad SMARTS) is 1. The second-order valence-electron chi connectivity index (χ2n) is 4.95. The smallest absolute Gasteiger partial charge is 0.315 e. The molecule has 1 N–H and O–H groups in total. The fourth-order valence-electron chi connectivity index (χ4n) is 1.64. The number of benzene rings is 1. The van der Waals surface area contributed by atoms with Gasteiger partial charge in [-0.25, -0.2) is 9.37 Å². The zero-order chi connectivity index (χ0) is 14.9. The van der Waals surface area contributed by atoms with Gasteiger partial charge in [-0.3, -0.25) is 4.79 Å². The van der Waals surface area contributed by atoms with E-state index in [0.29, 0.717) is 22.7 Å². The van der Waals surface area contributed by atoms with E-state index in [9.17, 15) is 9.18 Å². The summed E-state index contributed by atoms with van der Waals surface area (Å²) in [5, 5.41) is 11.6. The van der Waals surface area contributed by atoms with E-state index in [1.54, 1.807) is 31.4 Å². The molecule has 0 atom stereocenters. The molecule has 0 fully saturated rings. The molecule has 0 aliphatic carbocycles. The summed E-state index contributed by atoms with van der Waals surface area (Å²) < 4.78 is 13.8. The van der Waals surface area contributed by atoms with Crippen LogP contribution in [-0.2, 0) is 16.6 Å². The predicted molar refractivity (Wildman–Crippen MR) is 77.0 cm³/mol. The van der Waals surface area contributed by atoms with Crippen molar-refractivity contribution < 1.29 is 14.3 Å². The van der Waals surface area contributed by atoms with Gasteiger partial charge in [0.1, 0.15) is 11.2 Å². The minimum Gasteiger partial charge on any atom is -0.481 e. The van der Waals surface area contributed by atoms with E-state index in [-0.39, 0.29) is 5.02 Å². The first-order valence-corrected chi connectivity index (χ1v) is 7.19. The van der Waals surface area contributed by atoms with Crippen molar-refractivity contribution in [1.29, 1.82) is 0 Å². The summed E-state index contributed by atoms with van der Waals surface area (Å²) in [4.78, 5) is 15.5. The highest BCUT2D eigenvalue weighted by molar-refractivity contribution is 7.09. The second-order valence-corrected chi connectivity index (χ2v) is 6.30. The molecule has 2 rings (SSSR count). The molecule has 1 aromatic heterocycles. The Morgan fingerprint density at radius 1 is 1.50 bits per heavy atom. The van der Waals surface area contributed by atoms with Crippen molar-refractivity contribution in [3.05, 3.63) is 50.7 Å². The standard InChI is InChI=1S/C14H13ClFNO2S/c1-14(2,13(18)19)10-7-20-11(17-10)6-8-4-3-5-9(15)12(8)16/h3-5,7H,6H2,1-2H3,(H,18,19). The molecule has 1 aromatic carbocycles. The minimum atomic E-state index is -1.05. The van der Waals surface area contributed by atoms with Gasteiger partial charge in [0.25, 0.3) is 0 Å². The summed E-state index contributed by atoms with van der Waals surface area (Å²) in [5.74, 6) is -1.40. The lowest BCUT2D eigenvalue weighted by Crippen LogP contribution is -2.28. The van der Waals surface area contributed by atoms with Crippen molar-refractivity contribution in [2.75, 3.05) is 0 Å². The van der Waals surface area contributed by atoms with Crippen LogP contribution in [0.1, 0.15) is 30.1 Å². The number of aliphatic carboxylic acids is 1. The van der Waals surface area contributed by atoms with Crippen LogP contribution in [0, 0.1) is 5.82 Å². The number of hydrogen-bond donors (Lipinski definition) is 1. The Morgan fingerprint density at radius 2 is 2.20 bits per heavy atom. The third-order valence-corrected chi connectivity index (χ3v) is 4.24. The van der Waals surface area contributed by atoms with Gasteiger partial charge in [0.15, 0.2) is 0 Å². The monoisotopic (exact) mass is 313 g/mol. The van der Waals surface area contributed by atoms with E-state index in [1.807, 2.05) is 0 Å². The number of nitrogens with zero attached hydrogens (tertiary/aromatic N) is 1. The topological polar surface area (TPSA) is 50.2 Å². The van der Waals surface area contributed by atoms with Gasteiger partial charge in [-0.2, -0.15) is 0 Å². The number of rotatable bonds is 4. The van der Waals surface area contributed by atoms with E-state index in [4.69, 9.17) is 16.7 Å². The highest BCUT2D eigenvalue weighted by Crippen LogP contribution is 2.27. The molecule has 0 saturated heterocycles. The van der Waals surface area contributed by atoms with Gasteiger partial charge in [0.05, 0.1) is 15.7 Å². The summed E-state index contributed by atoms with van der Waals surface area (Å²) >= 11 is 7.05. The van der Waals surface area contributed by atoms with Crippen LogP contribution in [0.15, 0.2) is 23.6 Å². The Hall–Kier alpha value is -1.46. The summed E-state index contributed by atoms with van der Waals surface area (Å²) in [7, 11) is 0. The Kier molecular flexibility index (Phi) is 4.11. The molecule has 2 aromatic rings. The van der Waals surface area contributed by atoms with E-state index < -0.39 is 17.2 Å². The molecule has 0 radical (unpaired) electrons. The molecule has 0 saturated carbocycles. The number of carbonyl (C=O) groups is 1. The molecule has 0 spiro atoms. The Morgan fingerprint density at radius 3 is 2.85 bits per heavy atom. The van der Waals surface area contributed by atoms with Crippen LogP contribution >= 0.6 is 22.9 Å². The molecule has 6 heteroatoms. The summed E-state index contributed by atoms with van der Waals surface area (Å²) in [6.45, 7) is 3.18. The first-order chi connectivity index (χ1) is 9.32. The van der Waals surface area contributed by atoms with Gasteiger partial charge < -0.3 is 5.11 Å². The van der Waals surface area contributed by atoms with E-state index in [2.05, 4.69) is 4.98 Å². The van der Waals surface area contributed by atoms with Crippen LogP contribution in [0.3, 0.4) is 0 Å². The third kappa shape index (κ3) is 2.83. The maximum atomic E-state index is 13.8. The van der Waals surface area contributed by atoms with Crippen molar-refractivity contribution in [1.82, 2.24) is 4.98 Å². The van der Waals surface area contributed by atoms with Gasteiger partial charge in [-0.05, 0) is 25.5 Å². The number of halogens is 2. The second kappa shape index (κ2) is 5.50. The zero-order valence-electron chi connectivity index (χ0n) is 11.0. The van der Waals surface area contributed by atoms with Gasteiger partial charge in [-0.15, -0.1) is 11.3 Å². The normalized spacial score (nSPS) is 11.6. The molecule has 0 amide bonds. The largest absolute Gasteiger partial charge is 0.481 e. The zero-order valence-corrected chi connectivity index (χ0v) is 12.6. The Balaban J connectivity index is 2.26. The average molecular weight is 314 g/mol. The maximum Gasteiger partial charge on any atom is 0.315 e.